The molecule has 1 amide bonds. The molecule has 8 nitrogen and oxygen atoms in total. The minimum Gasteiger partial charge on any atom is -0.374 e. The maximum absolute atomic E-state index is 11.6. The van der Waals surface area contributed by atoms with Crippen molar-refractivity contribution in [2.75, 3.05) is 12.4 Å². The van der Waals surface area contributed by atoms with Gasteiger partial charge < -0.3 is 10.6 Å². The van der Waals surface area contributed by atoms with Gasteiger partial charge in [0.25, 0.3) is 11.6 Å². The van der Waals surface area contributed by atoms with Crippen molar-refractivity contribution in [1.82, 2.24) is 15.5 Å². The van der Waals surface area contributed by atoms with Crippen molar-refractivity contribution in [2.45, 2.75) is 6.54 Å². The van der Waals surface area contributed by atoms with E-state index < -0.39 is 4.92 Å². The first kappa shape index (κ1) is 13.5. The van der Waals surface area contributed by atoms with Gasteiger partial charge in [-0.05, 0) is 18.2 Å². The van der Waals surface area contributed by atoms with Gasteiger partial charge in [-0.3, -0.25) is 20.0 Å². The minimum atomic E-state index is -0.497. The molecule has 0 saturated heterocycles. The molecule has 3 N–H and O–H groups in total. The Morgan fingerprint density at radius 1 is 1.45 bits per heavy atom. The molecule has 1 aromatic heterocycles. The Hall–Kier alpha value is -2.90. The number of hydrogen-bond donors (Lipinski definition) is 3. The van der Waals surface area contributed by atoms with Gasteiger partial charge in [-0.15, -0.1) is 0 Å². The zero-order chi connectivity index (χ0) is 14.5. The zero-order valence-corrected chi connectivity index (χ0v) is 10.7. The second-order valence-corrected chi connectivity index (χ2v) is 4.00. The molecule has 0 aliphatic rings. The maximum Gasteiger partial charge on any atom is 0.292 e. The molecule has 8 heteroatoms. The van der Waals surface area contributed by atoms with E-state index in [4.69, 9.17) is 0 Å². The Kier molecular flexibility index (Phi) is 3.94. The van der Waals surface area contributed by atoms with E-state index in [9.17, 15) is 14.9 Å². The number of nitrogens with zero attached hydrogens (tertiary/aromatic N) is 2. The Balaban J connectivity index is 2.26. The van der Waals surface area contributed by atoms with Crippen LogP contribution >= 0.6 is 0 Å². The lowest BCUT2D eigenvalue weighted by Gasteiger charge is -2.08. The van der Waals surface area contributed by atoms with Crippen LogP contribution in [0.3, 0.4) is 0 Å². The third-order valence-corrected chi connectivity index (χ3v) is 2.71. The van der Waals surface area contributed by atoms with E-state index in [1.54, 1.807) is 12.3 Å². The Labute approximate surface area is 114 Å². The van der Waals surface area contributed by atoms with Crippen LogP contribution in [-0.2, 0) is 6.54 Å². The fourth-order valence-electron chi connectivity index (χ4n) is 1.70. The van der Waals surface area contributed by atoms with Crippen LogP contribution in [0, 0.1) is 10.1 Å². The summed E-state index contributed by atoms with van der Waals surface area (Å²) in [5.41, 5.74) is 1.33. The highest BCUT2D eigenvalue weighted by Gasteiger charge is 2.16. The van der Waals surface area contributed by atoms with Crippen LogP contribution in [0.5, 0.6) is 0 Å². The maximum atomic E-state index is 11.6. The summed E-state index contributed by atoms with van der Waals surface area (Å²) >= 11 is 0. The number of rotatable bonds is 5. The zero-order valence-electron chi connectivity index (χ0n) is 10.7. The van der Waals surface area contributed by atoms with Crippen molar-refractivity contribution < 1.29 is 9.72 Å². The molecule has 0 aliphatic heterocycles. The lowest BCUT2D eigenvalue weighted by molar-refractivity contribution is -0.384. The van der Waals surface area contributed by atoms with Crippen LogP contribution in [0.25, 0.3) is 0 Å². The van der Waals surface area contributed by atoms with Gasteiger partial charge in [0, 0.05) is 24.9 Å². The highest BCUT2D eigenvalue weighted by atomic mass is 16.6. The van der Waals surface area contributed by atoms with Crippen molar-refractivity contribution in [2.24, 2.45) is 0 Å². The number of nitrogens with one attached hydrogen (secondary N) is 3. The van der Waals surface area contributed by atoms with Crippen LogP contribution in [0.15, 0.2) is 30.5 Å². The third kappa shape index (κ3) is 2.91. The minimum absolute atomic E-state index is 0.0860. The summed E-state index contributed by atoms with van der Waals surface area (Å²) in [6.45, 7) is 0.345. The molecule has 20 heavy (non-hydrogen) atoms. The molecule has 0 radical (unpaired) electrons. The number of aromatic nitrogens is 2. The number of nitro groups is 1. The molecule has 0 bridgehead atoms. The van der Waals surface area contributed by atoms with Gasteiger partial charge in [0.1, 0.15) is 5.69 Å². The fraction of sp³-hybridized carbons (Fsp3) is 0.167. The predicted octanol–water partition coefficient (Wildman–Crippen LogP) is 1.29. The Morgan fingerprint density at radius 2 is 2.25 bits per heavy atom. The van der Waals surface area contributed by atoms with Crippen molar-refractivity contribution in [1.29, 1.82) is 0 Å². The van der Waals surface area contributed by atoms with Gasteiger partial charge in [0.2, 0.25) is 0 Å². The van der Waals surface area contributed by atoms with Gasteiger partial charge in [0.05, 0.1) is 17.2 Å². The smallest absolute Gasteiger partial charge is 0.292 e. The van der Waals surface area contributed by atoms with Crippen LogP contribution in [0.2, 0.25) is 0 Å². The summed E-state index contributed by atoms with van der Waals surface area (Å²) in [6, 6.07) is 5.92. The molecule has 0 atom stereocenters. The number of hydrogen-bond acceptors (Lipinski definition) is 5. The monoisotopic (exact) mass is 275 g/mol. The van der Waals surface area contributed by atoms with Crippen LogP contribution in [-0.4, -0.2) is 28.1 Å². The molecule has 0 spiro atoms. The van der Waals surface area contributed by atoms with Crippen molar-refractivity contribution in [3.8, 4) is 0 Å². The van der Waals surface area contributed by atoms with E-state index >= 15 is 0 Å². The molecule has 2 aromatic rings. The van der Waals surface area contributed by atoms with Crippen molar-refractivity contribution in [3.05, 3.63) is 51.8 Å². The second kappa shape index (κ2) is 5.83. The molecule has 0 aliphatic carbocycles. The van der Waals surface area contributed by atoms with Gasteiger partial charge in [0.15, 0.2) is 0 Å². The van der Waals surface area contributed by atoms with E-state index in [0.29, 0.717) is 12.1 Å². The SMILES string of the molecule is CNC(=O)c1ccc([N+](=O)[O-])c(NCc2ccn[nH]2)c1. The lowest BCUT2D eigenvalue weighted by atomic mass is 10.1. The fourth-order valence-corrected chi connectivity index (χ4v) is 1.70. The molecule has 2 rings (SSSR count). The Morgan fingerprint density at radius 3 is 2.85 bits per heavy atom. The van der Waals surface area contributed by atoms with Crippen LogP contribution in [0.1, 0.15) is 16.1 Å². The van der Waals surface area contributed by atoms with E-state index in [0.717, 1.165) is 5.69 Å². The number of H-pyrrole nitrogens is 1. The second-order valence-electron chi connectivity index (χ2n) is 4.00. The number of amides is 1. The summed E-state index contributed by atoms with van der Waals surface area (Å²) in [4.78, 5) is 22.0. The molecule has 1 aromatic carbocycles. The van der Waals surface area contributed by atoms with Gasteiger partial charge >= 0.3 is 0 Å². The van der Waals surface area contributed by atoms with Crippen molar-refractivity contribution in [3.63, 3.8) is 0 Å². The number of aromatic amines is 1. The van der Waals surface area contributed by atoms with E-state index in [-0.39, 0.29) is 17.3 Å². The summed E-state index contributed by atoms with van der Waals surface area (Å²) in [6.07, 6.45) is 1.59. The van der Waals surface area contributed by atoms with Gasteiger partial charge in [-0.25, -0.2) is 0 Å². The number of benzene rings is 1. The van der Waals surface area contributed by atoms with Gasteiger partial charge in [-0.1, -0.05) is 0 Å². The first-order valence-corrected chi connectivity index (χ1v) is 5.84. The summed E-state index contributed by atoms with van der Waals surface area (Å²) in [5, 5.41) is 22.9. The molecule has 0 unspecified atom stereocenters. The average Bonchev–Trinajstić information content (AvgIpc) is 2.97. The van der Waals surface area contributed by atoms with E-state index in [1.807, 2.05) is 0 Å². The highest BCUT2D eigenvalue weighted by molar-refractivity contribution is 5.95. The highest BCUT2D eigenvalue weighted by Crippen LogP contribution is 2.25. The molecular formula is C12H13N5O3. The summed E-state index contributed by atoms with van der Waals surface area (Å²) in [7, 11) is 1.50. The molecule has 104 valence electrons. The molecular weight excluding hydrogens is 262 g/mol. The number of carbonyl (C=O) groups excluding carboxylic acids is 1. The van der Waals surface area contributed by atoms with Gasteiger partial charge in [-0.2, -0.15) is 5.10 Å². The first-order chi connectivity index (χ1) is 9.61. The molecule has 1 heterocycles. The number of carbonyl (C=O) groups is 1. The summed E-state index contributed by atoms with van der Waals surface area (Å²) < 4.78 is 0. The average molecular weight is 275 g/mol. The topological polar surface area (TPSA) is 113 Å². The quantitative estimate of drug-likeness (QED) is 0.562. The summed E-state index contributed by atoms with van der Waals surface area (Å²) in [5.74, 6) is -0.301. The normalized spacial score (nSPS) is 10.1. The number of nitro benzene ring substituents is 1. The van der Waals surface area contributed by atoms with E-state index in [1.165, 1.54) is 25.2 Å². The van der Waals surface area contributed by atoms with Crippen molar-refractivity contribution >= 4 is 17.3 Å². The molecule has 0 saturated carbocycles. The molecule has 0 fully saturated rings. The first-order valence-electron chi connectivity index (χ1n) is 5.84. The van der Waals surface area contributed by atoms with Crippen LogP contribution in [0.4, 0.5) is 11.4 Å². The third-order valence-electron chi connectivity index (χ3n) is 2.71. The number of anilines is 1. The largest absolute Gasteiger partial charge is 0.374 e. The standard InChI is InChI=1S/C12H13N5O3/c1-13-12(18)8-2-3-11(17(19)20)10(6-8)14-7-9-4-5-15-16-9/h2-6,14H,7H2,1H3,(H,13,18)(H,15,16). The van der Waals surface area contributed by atoms with Crippen LogP contribution < -0.4 is 10.6 Å². The lowest BCUT2D eigenvalue weighted by Crippen LogP contribution is -2.18. The predicted molar refractivity (Wildman–Crippen MR) is 72.4 cm³/mol. The van der Waals surface area contributed by atoms with E-state index in [2.05, 4.69) is 20.8 Å². The Bertz CT molecular complexity index is 624.